The first-order chi connectivity index (χ1) is 14.3. The molecule has 7 nitrogen and oxygen atoms in total. The van der Waals surface area contributed by atoms with Crippen LogP contribution in [0.2, 0.25) is 0 Å². The molecular formula is C22H24N2O5S. The molecule has 1 aromatic heterocycles. The lowest BCUT2D eigenvalue weighted by Gasteiger charge is -2.06. The van der Waals surface area contributed by atoms with Crippen LogP contribution in [0.4, 0.5) is 0 Å². The number of rotatable bonds is 8. The van der Waals surface area contributed by atoms with Crippen LogP contribution in [0.15, 0.2) is 52.9 Å². The number of carbonyl (C=O) groups is 1. The SMILES string of the molecule is COc1cccc(-c2nc(CS(=O)(=O)CC(=O)NCc3ccc(C)cc3)c(C)o2)c1. The number of aryl methyl sites for hydroxylation is 2. The Kier molecular flexibility index (Phi) is 6.56. The molecule has 0 aliphatic rings. The maximum atomic E-state index is 12.5. The van der Waals surface area contributed by atoms with Crippen molar-refractivity contribution in [2.45, 2.75) is 26.1 Å². The van der Waals surface area contributed by atoms with E-state index in [1.165, 1.54) is 0 Å². The number of aromatic nitrogens is 1. The highest BCUT2D eigenvalue weighted by atomic mass is 32.2. The van der Waals surface area contributed by atoms with Gasteiger partial charge in [0.25, 0.3) is 0 Å². The van der Waals surface area contributed by atoms with E-state index < -0.39 is 21.5 Å². The van der Waals surface area contributed by atoms with Crippen LogP contribution < -0.4 is 10.1 Å². The summed E-state index contributed by atoms with van der Waals surface area (Å²) < 4.78 is 35.8. The van der Waals surface area contributed by atoms with Crippen LogP contribution in [-0.2, 0) is 26.9 Å². The molecule has 3 rings (SSSR count). The zero-order valence-corrected chi connectivity index (χ0v) is 18.0. The number of oxazole rings is 1. The number of ether oxygens (including phenoxy) is 1. The third-order valence-corrected chi connectivity index (χ3v) is 5.94. The van der Waals surface area contributed by atoms with Gasteiger partial charge < -0.3 is 14.5 Å². The van der Waals surface area contributed by atoms with Crippen molar-refractivity contribution in [2.75, 3.05) is 12.9 Å². The first-order valence-electron chi connectivity index (χ1n) is 9.39. The van der Waals surface area contributed by atoms with Crippen LogP contribution in [0.25, 0.3) is 11.5 Å². The lowest BCUT2D eigenvalue weighted by molar-refractivity contribution is -0.118. The Hall–Kier alpha value is -3.13. The summed E-state index contributed by atoms with van der Waals surface area (Å²) in [6.45, 7) is 3.90. The molecule has 0 spiro atoms. The van der Waals surface area contributed by atoms with Gasteiger partial charge in [0.1, 0.15) is 17.3 Å². The van der Waals surface area contributed by atoms with Crippen LogP contribution in [-0.4, -0.2) is 32.2 Å². The molecular weight excluding hydrogens is 404 g/mol. The minimum Gasteiger partial charge on any atom is -0.497 e. The molecule has 0 aliphatic carbocycles. The van der Waals surface area contributed by atoms with Crippen molar-refractivity contribution in [1.29, 1.82) is 0 Å². The first kappa shape index (κ1) is 21.6. The molecule has 30 heavy (non-hydrogen) atoms. The Morgan fingerprint density at radius 3 is 2.57 bits per heavy atom. The van der Waals surface area contributed by atoms with Crippen LogP contribution in [0.5, 0.6) is 5.75 Å². The monoisotopic (exact) mass is 428 g/mol. The van der Waals surface area contributed by atoms with Gasteiger partial charge in [-0.05, 0) is 37.6 Å². The molecule has 0 atom stereocenters. The van der Waals surface area contributed by atoms with E-state index in [0.717, 1.165) is 11.1 Å². The van der Waals surface area contributed by atoms with Crippen molar-refractivity contribution < 1.29 is 22.4 Å². The van der Waals surface area contributed by atoms with Gasteiger partial charge >= 0.3 is 0 Å². The molecule has 1 N–H and O–H groups in total. The topological polar surface area (TPSA) is 98.5 Å². The predicted molar refractivity (Wildman–Crippen MR) is 114 cm³/mol. The second-order valence-corrected chi connectivity index (χ2v) is 9.11. The highest BCUT2D eigenvalue weighted by molar-refractivity contribution is 7.91. The van der Waals surface area contributed by atoms with E-state index in [9.17, 15) is 13.2 Å². The van der Waals surface area contributed by atoms with Gasteiger partial charge in [-0.25, -0.2) is 13.4 Å². The van der Waals surface area contributed by atoms with Crippen LogP contribution in [0, 0.1) is 13.8 Å². The van der Waals surface area contributed by atoms with E-state index in [0.29, 0.717) is 28.7 Å². The van der Waals surface area contributed by atoms with E-state index in [1.807, 2.05) is 31.2 Å². The standard InChI is InChI=1S/C22H24N2O5S/c1-15-7-9-17(10-8-15)12-23-21(25)14-30(26,27)13-20-16(2)29-22(24-20)18-5-4-6-19(11-18)28-3/h4-11H,12-14H2,1-3H3,(H,23,25). The van der Waals surface area contributed by atoms with E-state index in [-0.39, 0.29) is 12.3 Å². The van der Waals surface area contributed by atoms with Gasteiger partial charge in [-0.15, -0.1) is 0 Å². The van der Waals surface area contributed by atoms with Gasteiger partial charge in [-0.1, -0.05) is 35.9 Å². The van der Waals surface area contributed by atoms with Crippen LogP contribution >= 0.6 is 0 Å². The lowest BCUT2D eigenvalue weighted by atomic mass is 10.1. The predicted octanol–water partition coefficient (Wildman–Crippen LogP) is 3.20. The molecule has 8 heteroatoms. The third-order valence-electron chi connectivity index (χ3n) is 4.53. The maximum absolute atomic E-state index is 12.5. The summed E-state index contributed by atoms with van der Waals surface area (Å²) in [6, 6.07) is 14.8. The van der Waals surface area contributed by atoms with Gasteiger partial charge in [0.15, 0.2) is 9.84 Å². The maximum Gasteiger partial charge on any atom is 0.235 e. The smallest absolute Gasteiger partial charge is 0.235 e. The number of benzene rings is 2. The summed E-state index contributed by atoms with van der Waals surface area (Å²) in [5, 5.41) is 2.64. The van der Waals surface area contributed by atoms with Crippen LogP contribution in [0.1, 0.15) is 22.6 Å². The number of methoxy groups -OCH3 is 1. The molecule has 158 valence electrons. The lowest BCUT2D eigenvalue weighted by Crippen LogP contribution is -2.30. The number of sulfone groups is 1. The van der Waals surface area contributed by atoms with E-state index in [1.54, 1.807) is 38.3 Å². The summed E-state index contributed by atoms with van der Waals surface area (Å²) in [5.41, 5.74) is 2.99. The molecule has 0 bridgehead atoms. The number of carbonyl (C=O) groups excluding carboxylic acids is 1. The number of nitrogens with one attached hydrogen (secondary N) is 1. The summed E-state index contributed by atoms with van der Waals surface area (Å²) in [5.74, 6) is -0.186. The minimum atomic E-state index is -3.71. The van der Waals surface area contributed by atoms with Gasteiger partial charge in [0.05, 0.1) is 18.6 Å². The Morgan fingerprint density at radius 1 is 1.13 bits per heavy atom. The van der Waals surface area contributed by atoms with Crippen molar-refractivity contribution in [1.82, 2.24) is 10.3 Å². The fourth-order valence-electron chi connectivity index (χ4n) is 2.86. The summed E-state index contributed by atoms with van der Waals surface area (Å²) in [4.78, 5) is 16.4. The zero-order chi connectivity index (χ0) is 21.7. The average molecular weight is 429 g/mol. The largest absolute Gasteiger partial charge is 0.497 e. The van der Waals surface area contributed by atoms with E-state index in [2.05, 4.69) is 10.3 Å². The van der Waals surface area contributed by atoms with Crippen LogP contribution in [0.3, 0.4) is 0 Å². The molecule has 0 unspecified atom stereocenters. The Labute approximate surface area is 176 Å². The van der Waals surface area contributed by atoms with Crippen molar-refractivity contribution in [3.63, 3.8) is 0 Å². The summed E-state index contributed by atoms with van der Waals surface area (Å²) >= 11 is 0. The van der Waals surface area contributed by atoms with Gasteiger partial charge in [-0.2, -0.15) is 0 Å². The minimum absolute atomic E-state index is 0.275. The quantitative estimate of drug-likeness (QED) is 0.592. The highest BCUT2D eigenvalue weighted by Crippen LogP contribution is 2.26. The first-order valence-corrected chi connectivity index (χ1v) is 11.2. The third kappa shape index (κ3) is 5.70. The van der Waals surface area contributed by atoms with E-state index >= 15 is 0 Å². The fourth-order valence-corrected chi connectivity index (χ4v) is 4.15. The summed E-state index contributed by atoms with van der Waals surface area (Å²) in [7, 11) is -2.15. The molecule has 1 amide bonds. The Balaban J connectivity index is 1.64. The zero-order valence-electron chi connectivity index (χ0n) is 17.1. The molecule has 3 aromatic rings. The molecule has 0 radical (unpaired) electrons. The van der Waals surface area contributed by atoms with Crippen molar-refractivity contribution >= 4 is 15.7 Å². The Bertz CT molecular complexity index is 1130. The molecule has 2 aromatic carbocycles. The fraction of sp³-hybridized carbons (Fsp3) is 0.273. The number of amides is 1. The molecule has 1 heterocycles. The molecule has 0 aliphatic heterocycles. The second-order valence-electron chi connectivity index (χ2n) is 7.05. The number of hydrogen-bond acceptors (Lipinski definition) is 6. The average Bonchev–Trinajstić information content (AvgIpc) is 3.07. The van der Waals surface area contributed by atoms with Gasteiger partial charge in [0.2, 0.25) is 11.8 Å². The van der Waals surface area contributed by atoms with Gasteiger partial charge in [-0.3, -0.25) is 4.79 Å². The van der Waals surface area contributed by atoms with Crippen molar-refractivity contribution in [2.24, 2.45) is 0 Å². The van der Waals surface area contributed by atoms with Crippen molar-refractivity contribution in [3.8, 4) is 17.2 Å². The van der Waals surface area contributed by atoms with Crippen molar-refractivity contribution in [3.05, 3.63) is 71.1 Å². The Morgan fingerprint density at radius 2 is 1.87 bits per heavy atom. The molecule has 0 saturated carbocycles. The second kappa shape index (κ2) is 9.13. The highest BCUT2D eigenvalue weighted by Gasteiger charge is 2.22. The molecule has 0 saturated heterocycles. The normalized spacial score (nSPS) is 11.3. The van der Waals surface area contributed by atoms with Gasteiger partial charge in [0, 0.05) is 12.1 Å². The molecule has 0 fully saturated rings. The van der Waals surface area contributed by atoms with E-state index in [4.69, 9.17) is 9.15 Å². The number of hydrogen-bond donors (Lipinski definition) is 1. The summed E-state index contributed by atoms with van der Waals surface area (Å²) in [6.07, 6.45) is 0. The number of nitrogens with zero attached hydrogens (tertiary/aromatic N) is 1.